The third-order valence-electron chi connectivity index (χ3n) is 11.6. The predicted molar refractivity (Wildman–Crippen MR) is 218 cm³/mol. The van der Waals surface area contributed by atoms with E-state index in [1.54, 1.807) is 14.2 Å². The summed E-state index contributed by atoms with van der Waals surface area (Å²) in [4.78, 5) is 30.7. The minimum absolute atomic E-state index is 0.0708. The molecule has 4 atom stereocenters. The maximum absolute atomic E-state index is 13.5. The molecule has 0 saturated carbocycles. The van der Waals surface area contributed by atoms with E-state index >= 15 is 0 Å². The van der Waals surface area contributed by atoms with Gasteiger partial charge in [0.2, 0.25) is 0 Å². The Hall–Kier alpha value is -3.79. The largest absolute Gasteiger partial charge is 0.497 e. The summed E-state index contributed by atoms with van der Waals surface area (Å²) >= 11 is 0. The average Bonchev–Trinajstić information content (AvgIpc) is 3.43. The van der Waals surface area contributed by atoms with Crippen LogP contribution >= 0.6 is 0 Å². The van der Waals surface area contributed by atoms with E-state index in [9.17, 15) is 9.59 Å². The Morgan fingerprint density at radius 1 is 0.667 bits per heavy atom. The van der Waals surface area contributed by atoms with Crippen LogP contribution in [0.3, 0.4) is 0 Å². The highest BCUT2D eigenvalue weighted by molar-refractivity contribution is 6.74. The van der Waals surface area contributed by atoms with Gasteiger partial charge in [-0.3, -0.25) is 9.78 Å². The molecule has 12 heteroatoms. The van der Waals surface area contributed by atoms with E-state index in [1.165, 1.54) is 6.20 Å². The molecule has 0 spiro atoms. The van der Waals surface area contributed by atoms with Crippen LogP contribution in [0.1, 0.15) is 69.9 Å². The fourth-order valence-electron chi connectivity index (χ4n) is 6.33. The van der Waals surface area contributed by atoms with Gasteiger partial charge in [-0.25, -0.2) is 4.79 Å². The Balaban J connectivity index is 1.70. The lowest BCUT2D eigenvalue weighted by molar-refractivity contribution is -0.0811. The van der Waals surface area contributed by atoms with Crippen LogP contribution in [0.15, 0.2) is 94.6 Å². The SMILES string of the molecule is COc1ccc(C(OC[C@H]2O[C@@H](c3c[nH]c(=O)[nH]c3=O)[C@H](O[Si](C)(C)C(C)(C)C)[C@@H]2O[Si](C)(C)C(C)(C)C)(c2ccccc2)c2ccc(OC)cc2)cc1. The quantitative estimate of drug-likeness (QED) is 0.103. The van der Waals surface area contributed by atoms with Crippen molar-refractivity contribution < 1.29 is 27.8 Å². The highest BCUT2D eigenvalue weighted by Gasteiger charge is 2.55. The summed E-state index contributed by atoms with van der Waals surface area (Å²) in [6.45, 7) is 22.0. The number of methoxy groups -OCH3 is 2. The monoisotopic (exact) mass is 774 g/mol. The van der Waals surface area contributed by atoms with Gasteiger partial charge in [0, 0.05) is 6.20 Å². The number of ether oxygens (including phenoxy) is 4. The lowest BCUT2D eigenvalue weighted by Gasteiger charge is -2.44. The lowest BCUT2D eigenvalue weighted by atomic mass is 9.80. The third-order valence-corrected chi connectivity index (χ3v) is 20.5. The predicted octanol–water partition coefficient (Wildman–Crippen LogP) is 8.31. The second-order valence-electron chi connectivity index (χ2n) is 17.1. The van der Waals surface area contributed by atoms with Crippen LogP contribution in [-0.2, 0) is 23.9 Å². The van der Waals surface area contributed by atoms with Crippen molar-refractivity contribution in [2.24, 2.45) is 0 Å². The minimum Gasteiger partial charge on any atom is -0.497 e. The molecule has 4 aromatic rings. The van der Waals surface area contributed by atoms with Crippen LogP contribution in [0.25, 0.3) is 0 Å². The standard InChI is InChI=1S/C42H58N2O8Si2/c1-40(2,3)53(9,10)51-36-34(50-35(33-26-43-39(46)44-38(33)45)37(36)52-54(11,12)41(4,5)6)27-49-42(28-16-14-13-15-17-28,29-18-22-31(47-7)23-19-29)30-20-24-32(48-8)25-21-30/h13-26,34-37H,27H2,1-12H3,(H2,43,44,45,46)/t34-,35+,36-,37+/m1/s1. The zero-order chi connectivity index (χ0) is 39.7. The summed E-state index contributed by atoms with van der Waals surface area (Å²) in [6.07, 6.45) is -1.38. The normalized spacial score (nSPS) is 19.9. The van der Waals surface area contributed by atoms with Gasteiger partial charge in [0.25, 0.3) is 5.56 Å². The van der Waals surface area contributed by atoms with Crippen LogP contribution in [0, 0.1) is 0 Å². The van der Waals surface area contributed by atoms with E-state index in [4.69, 9.17) is 27.8 Å². The molecule has 0 aliphatic carbocycles. The van der Waals surface area contributed by atoms with E-state index in [0.717, 1.165) is 28.2 Å². The minimum atomic E-state index is -2.49. The summed E-state index contributed by atoms with van der Waals surface area (Å²) < 4.78 is 40.0. The maximum atomic E-state index is 13.5. The number of benzene rings is 3. The molecule has 1 fully saturated rings. The van der Waals surface area contributed by atoms with E-state index in [1.807, 2.05) is 66.7 Å². The molecule has 2 N–H and O–H groups in total. The summed E-state index contributed by atoms with van der Waals surface area (Å²) in [6, 6.07) is 25.9. The highest BCUT2D eigenvalue weighted by Crippen LogP contribution is 2.48. The van der Waals surface area contributed by atoms with Crippen molar-refractivity contribution in [3.63, 3.8) is 0 Å². The Morgan fingerprint density at radius 3 is 1.57 bits per heavy atom. The molecule has 292 valence electrons. The van der Waals surface area contributed by atoms with Gasteiger partial charge < -0.3 is 32.8 Å². The molecule has 0 unspecified atom stereocenters. The Morgan fingerprint density at radius 2 is 1.13 bits per heavy atom. The van der Waals surface area contributed by atoms with Gasteiger partial charge in [-0.1, -0.05) is 96.1 Å². The molecule has 5 rings (SSSR count). The van der Waals surface area contributed by atoms with Crippen LogP contribution in [-0.4, -0.2) is 65.7 Å². The van der Waals surface area contributed by atoms with E-state index in [0.29, 0.717) is 0 Å². The van der Waals surface area contributed by atoms with Crippen molar-refractivity contribution in [1.82, 2.24) is 9.97 Å². The fraction of sp³-hybridized carbons (Fsp3) is 0.476. The smallest absolute Gasteiger partial charge is 0.325 e. The topological polar surface area (TPSA) is 121 Å². The van der Waals surface area contributed by atoms with Crippen molar-refractivity contribution in [2.45, 2.75) is 108 Å². The van der Waals surface area contributed by atoms with E-state index in [-0.39, 0.29) is 22.2 Å². The van der Waals surface area contributed by atoms with Gasteiger partial charge in [0.05, 0.1) is 26.4 Å². The van der Waals surface area contributed by atoms with Gasteiger partial charge >= 0.3 is 5.69 Å². The highest BCUT2D eigenvalue weighted by atomic mass is 28.4. The first-order valence-corrected chi connectivity index (χ1v) is 24.4. The zero-order valence-corrected chi connectivity index (χ0v) is 35.9. The van der Waals surface area contributed by atoms with Gasteiger partial charge in [-0.05, 0) is 77.2 Å². The number of aromatic nitrogens is 2. The Labute approximate surface area is 321 Å². The molecule has 0 amide bonds. The van der Waals surface area contributed by atoms with Crippen molar-refractivity contribution in [1.29, 1.82) is 0 Å². The van der Waals surface area contributed by atoms with Crippen LogP contribution in [0.5, 0.6) is 11.5 Å². The van der Waals surface area contributed by atoms with Gasteiger partial charge in [-0.2, -0.15) is 0 Å². The molecular weight excluding hydrogens is 717 g/mol. The molecule has 0 bridgehead atoms. The van der Waals surface area contributed by atoms with Crippen LogP contribution < -0.4 is 20.7 Å². The number of hydrogen-bond donors (Lipinski definition) is 2. The number of rotatable bonds is 13. The molecule has 3 aromatic carbocycles. The first-order chi connectivity index (χ1) is 25.2. The molecular formula is C42H58N2O8Si2. The van der Waals surface area contributed by atoms with Crippen molar-refractivity contribution in [3.05, 3.63) is 128 Å². The first-order valence-electron chi connectivity index (χ1n) is 18.6. The van der Waals surface area contributed by atoms with Crippen LogP contribution in [0.4, 0.5) is 0 Å². The first kappa shape index (κ1) is 41.4. The second kappa shape index (κ2) is 15.8. The number of hydrogen-bond acceptors (Lipinski definition) is 8. The third kappa shape index (κ3) is 8.39. The van der Waals surface area contributed by atoms with Crippen molar-refractivity contribution in [3.8, 4) is 11.5 Å². The molecule has 10 nitrogen and oxygen atoms in total. The molecule has 0 radical (unpaired) electrons. The second-order valence-corrected chi connectivity index (χ2v) is 26.6. The van der Waals surface area contributed by atoms with Crippen molar-refractivity contribution in [2.75, 3.05) is 20.8 Å². The van der Waals surface area contributed by atoms with E-state index in [2.05, 4.69) is 89.8 Å². The summed E-state index contributed by atoms with van der Waals surface area (Å²) in [5.74, 6) is 1.44. The summed E-state index contributed by atoms with van der Waals surface area (Å²) in [5.41, 5.74) is 0.685. The van der Waals surface area contributed by atoms with Crippen molar-refractivity contribution >= 4 is 16.6 Å². The van der Waals surface area contributed by atoms with Gasteiger partial charge in [-0.15, -0.1) is 0 Å². The molecule has 1 aliphatic heterocycles. The van der Waals surface area contributed by atoms with Gasteiger partial charge in [0.15, 0.2) is 16.6 Å². The molecule has 1 aromatic heterocycles. The lowest BCUT2D eigenvalue weighted by Crippen LogP contribution is -2.54. The molecule has 1 aliphatic rings. The summed E-state index contributed by atoms with van der Waals surface area (Å²) in [7, 11) is -1.69. The summed E-state index contributed by atoms with van der Waals surface area (Å²) in [5, 5.41) is -0.302. The van der Waals surface area contributed by atoms with E-state index < -0.39 is 57.9 Å². The molecule has 54 heavy (non-hydrogen) atoms. The van der Waals surface area contributed by atoms with Crippen LogP contribution in [0.2, 0.25) is 36.3 Å². The van der Waals surface area contributed by atoms with Gasteiger partial charge in [0.1, 0.15) is 41.5 Å². The molecule has 2 heterocycles. The Bertz CT molecular complexity index is 1920. The fourth-order valence-corrected chi connectivity index (χ4v) is 8.94. The number of aromatic amines is 2. The maximum Gasteiger partial charge on any atom is 0.325 e. The number of H-pyrrole nitrogens is 2. The molecule has 1 saturated heterocycles. The zero-order valence-electron chi connectivity index (χ0n) is 33.9. The average molecular weight is 775 g/mol. The Kier molecular flexibility index (Phi) is 12.1. The number of nitrogens with one attached hydrogen (secondary N) is 2.